The number of nitrogens with one attached hydrogen (secondary N) is 1. The van der Waals surface area contributed by atoms with E-state index >= 15 is 0 Å². The number of carbonyl (C=O) groups excluding carboxylic acids is 1. The van der Waals surface area contributed by atoms with Crippen molar-refractivity contribution in [3.8, 4) is 22.1 Å². The second-order valence-electron chi connectivity index (χ2n) is 10.3. The lowest BCUT2D eigenvalue weighted by atomic mass is 9.78. The zero-order chi connectivity index (χ0) is 29.1. The van der Waals surface area contributed by atoms with Crippen molar-refractivity contribution < 1.29 is 23.0 Å². The van der Waals surface area contributed by atoms with E-state index in [2.05, 4.69) is 21.5 Å². The average molecular weight is 582 g/mol. The molecule has 0 aliphatic heterocycles. The van der Waals surface area contributed by atoms with Crippen LogP contribution in [-0.4, -0.2) is 34.9 Å². The highest BCUT2D eigenvalue weighted by Gasteiger charge is 2.28. The van der Waals surface area contributed by atoms with E-state index < -0.39 is 17.5 Å². The molecule has 41 heavy (non-hydrogen) atoms. The summed E-state index contributed by atoms with van der Waals surface area (Å²) in [6.07, 6.45) is 7.71. The smallest absolute Gasteiger partial charge is 0.277 e. The first-order valence-corrected chi connectivity index (χ1v) is 14.4. The van der Waals surface area contributed by atoms with Gasteiger partial charge in [-0.05, 0) is 68.2 Å². The number of hydrogen-bond acceptors (Lipinski definition) is 7. The van der Waals surface area contributed by atoms with Crippen LogP contribution in [0.1, 0.15) is 59.8 Å². The first-order valence-electron chi connectivity index (χ1n) is 13.5. The summed E-state index contributed by atoms with van der Waals surface area (Å²) in [6.45, 7) is 0. The van der Waals surface area contributed by atoms with Gasteiger partial charge in [0.1, 0.15) is 33.1 Å². The van der Waals surface area contributed by atoms with E-state index in [9.17, 15) is 13.6 Å². The Labute approximate surface area is 241 Å². The summed E-state index contributed by atoms with van der Waals surface area (Å²) in [4.78, 5) is 17.4. The van der Waals surface area contributed by atoms with Gasteiger partial charge in [0.25, 0.3) is 5.91 Å². The monoisotopic (exact) mass is 581 g/mol. The topological polar surface area (TPSA) is 104 Å². The summed E-state index contributed by atoms with van der Waals surface area (Å²) >= 11 is 0.870. The molecule has 1 aliphatic carbocycles. The Morgan fingerprint density at radius 1 is 1.12 bits per heavy atom. The maximum atomic E-state index is 14.3. The summed E-state index contributed by atoms with van der Waals surface area (Å²) in [5.41, 5.74) is 8.40. The molecule has 0 bridgehead atoms. The van der Waals surface area contributed by atoms with Crippen LogP contribution in [0.4, 0.5) is 19.5 Å². The molecule has 11 heteroatoms. The number of amides is 1. The number of aryl methyl sites for hydroxylation is 2. The second kappa shape index (κ2) is 12.3. The Morgan fingerprint density at radius 2 is 1.85 bits per heavy atom. The van der Waals surface area contributed by atoms with Crippen LogP contribution >= 0.6 is 11.3 Å². The van der Waals surface area contributed by atoms with Crippen LogP contribution in [0.5, 0.6) is 11.5 Å². The van der Waals surface area contributed by atoms with E-state index in [1.807, 2.05) is 19.2 Å². The van der Waals surface area contributed by atoms with Crippen molar-refractivity contribution in [2.24, 2.45) is 13.0 Å². The van der Waals surface area contributed by atoms with Crippen LogP contribution in [-0.2, 0) is 13.5 Å². The van der Waals surface area contributed by atoms with Gasteiger partial charge in [-0.2, -0.15) is 5.10 Å². The number of hydrogen-bond donors (Lipinski definition) is 2. The fourth-order valence-electron chi connectivity index (χ4n) is 5.66. The SMILES string of the molecule is COc1ccc(CCC2CCC(c3c(NC(=O)c4nc(-c5c(F)cccc5F)sc4N)cnn3C)CC2)c(OC)c1. The van der Waals surface area contributed by atoms with Crippen molar-refractivity contribution in [1.29, 1.82) is 0 Å². The number of benzene rings is 2. The van der Waals surface area contributed by atoms with E-state index in [1.54, 1.807) is 25.1 Å². The van der Waals surface area contributed by atoms with Gasteiger partial charge < -0.3 is 20.5 Å². The molecule has 1 saturated carbocycles. The van der Waals surface area contributed by atoms with Crippen molar-refractivity contribution >= 4 is 27.9 Å². The van der Waals surface area contributed by atoms with Gasteiger partial charge in [0.15, 0.2) is 5.69 Å². The van der Waals surface area contributed by atoms with Crippen molar-refractivity contribution in [3.05, 3.63) is 71.2 Å². The van der Waals surface area contributed by atoms with E-state index in [4.69, 9.17) is 15.2 Å². The number of anilines is 2. The lowest BCUT2D eigenvalue weighted by Crippen LogP contribution is -2.19. The molecule has 216 valence electrons. The molecule has 1 aliphatic rings. The number of rotatable bonds is 9. The van der Waals surface area contributed by atoms with Crippen LogP contribution in [0.25, 0.3) is 10.6 Å². The molecule has 2 aromatic carbocycles. The minimum atomic E-state index is -0.765. The van der Waals surface area contributed by atoms with Gasteiger partial charge in [0.2, 0.25) is 0 Å². The molecule has 1 fully saturated rings. The average Bonchev–Trinajstić information content (AvgIpc) is 3.53. The number of halogens is 2. The highest BCUT2D eigenvalue weighted by molar-refractivity contribution is 7.19. The van der Waals surface area contributed by atoms with E-state index in [0.29, 0.717) is 11.6 Å². The van der Waals surface area contributed by atoms with Gasteiger partial charge in [0, 0.05) is 19.0 Å². The number of aromatic nitrogens is 3. The molecule has 0 radical (unpaired) electrons. The molecule has 3 N–H and O–H groups in total. The molecule has 2 aromatic heterocycles. The summed E-state index contributed by atoms with van der Waals surface area (Å²) < 4.78 is 41.2. The minimum absolute atomic E-state index is 0.0141. The quantitative estimate of drug-likeness (QED) is 0.231. The van der Waals surface area contributed by atoms with Crippen LogP contribution in [0.2, 0.25) is 0 Å². The maximum absolute atomic E-state index is 14.3. The third-order valence-corrected chi connectivity index (χ3v) is 8.73. The molecule has 0 saturated heterocycles. The maximum Gasteiger partial charge on any atom is 0.277 e. The first kappa shape index (κ1) is 28.5. The third kappa shape index (κ3) is 6.04. The lowest BCUT2D eigenvalue weighted by Gasteiger charge is -2.29. The van der Waals surface area contributed by atoms with Crippen LogP contribution in [0.15, 0.2) is 42.6 Å². The van der Waals surface area contributed by atoms with Crippen LogP contribution < -0.4 is 20.5 Å². The minimum Gasteiger partial charge on any atom is -0.497 e. The number of carbonyl (C=O) groups is 1. The highest BCUT2D eigenvalue weighted by Crippen LogP contribution is 2.41. The zero-order valence-electron chi connectivity index (χ0n) is 23.2. The van der Waals surface area contributed by atoms with Crippen LogP contribution in [0, 0.1) is 17.6 Å². The Hall–Kier alpha value is -3.99. The molecular formula is C30H33F2N5O3S. The van der Waals surface area contributed by atoms with E-state index in [-0.39, 0.29) is 27.2 Å². The van der Waals surface area contributed by atoms with E-state index in [0.717, 1.165) is 79.2 Å². The molecule has 2 heterocycles. The van der Waals surface area contributed by atoms with Crippen molar-refractivity contribution in [1.82, 2.24) is 14.8 Å². The largest absolute Gasteiger partial charge is 0.497 e. The predicted octanol–water partition coefficient (Wildman–Crippen LogP) is 6.58. The molecule has 0 unspecified atom stereocenters. The number of ether oxygens (including phenoxy) is 2. The molecule has 0 atom stereocenters. The fourth-order valence-corrected chi connectivity index (χ4v) is 6.53. The van der Waals surface area contributed by atoms with Gasteiger partial charge in [-0.15, -0.1) is 0 Å². The number of thiazole rings is 1. The number of nitrogens with zero attached hydrogens (tertiary/aromatic N) is 3. The Morgan fingerprint density at radius 3 is 2.54 bits per heavy atom. The summed E-state index contributed by atoms with van der Waals surface area (Å²) in [6, 6.07) is 9.51. The van der Waals surface area contributed by atoms with Crippen LogP contribution in [0.3, 0.4) is 0 Å². The molecule has 0 spiro atoms. The predicted molar refractivity (Wildman–Crippen MR) is 156 cm³/mol. The summed E-state index contributed by atoms with van der Waals surface area (Å²) in [5, 5.41) is 7.38. The lowest BCUT2D eigenvalue weighted by molar-refractivity contribution is 0.102. The summed E-state index contributed by atoms with van der Waals surface area (Å²) in [5.74, 6) is 0.384. The van der Waals surface area contributed by atoms with Gasteiger partial charge in [-0.25, -0.2) is 13.8 Å². The Balaban J connectivity index is 1.23. The summed E-state index contributed by atoms with van der Waals surface area (Å²) in [7, 11) is 5.19. The Bertz CT molecular complexity index is 1520. The first-order chi connectivity index (χ1) is 19.8. The van der Waals surface area contributed by atoms with Crippen molar-refractivity contribution in [2.75, 3.05) is 25.3 Å². The second-order valence-corrected chi connectivity index (χ2v) is 11.3. The van der Waals surface area contributed by atoms with Crippen molar-refractivity contribution in [3.63, 3.8) is 0 Å². The van der Waals surface area contributed by atoms with Crippen molar-refractivity contribution in [2.45, 2.75) is 44.4 Å². The standard InChI is InChI=1S/C30H33F2N5O3S/c1-37-27(19-11-8-17(9-12-19)7-10-18-13-14-20(39-2)15-24(18)40-3)23(16-34-37)35-29(38)26-28(33)41-30(36-26)25-21(31)5-4-6-22(25)32/h4-6,13-17,19H,7-12,33H2,1-3H3,(H,35,38). The van der Waals surface area contributed by atoms with Gasteiger partial charge in [-0.1, -0.05) is 23.5 Å². The number of nitrogens with two attached hydrogens (primary N) is 1. The number of methoxy groups -OCH3 is 2. The van der Waals surface area contributed by atoms with Gasteiger partial charge in [-0.3, -0.25) is 9.48 Å². The molecule has 5 rings (SSSR count). The number of nitrogen functional groups attached to an aromatic ring is 1. The highest BCUT2D eigenvalue weighted by atomic mass is 32.1. The van der Waals surface area contributed by atoms with Gasteiger partial charge >= 0.3 is 0 Å². The molecule has 4 aromatic rings. The molecule has 1 amide bonds. The van der Waals surface area contributed by atoms with E-state index in [1.165, 1.54) is 11.6 Å². The van der Waals surface area contributed by atoms with Gasteiger partial charge in [0.05, 0.1) is 37.4 Å². The molecule has 8 nitrogen and oxygen atoms in total. The molecular weight excluding hydrogens is 548 g/mol. The zero-order valence-corrected chi connectivity index (χ0v) is 24.1. The fraction of sp³-hybridized carbons (Fsp3) is 0.367. The third-order valence-electron chi connectivity index (χ3n) is 7.83. The Kier molecular flexibility index (Phi) is 8.53. The normalized spacial score (nSPS) is 16.9.